The third-order valence-electron chi connectivity index (χ3n) is 5.96. The Morgan fingerprint density at radius 2 is 2.00 bits per heavy atom. The Hall–Kier alpha value is -2.99. The molecule has 0 radical (unpaired) electrons. The van der Waals surface area contributed by atoms with Crippen LogP contribution in [0.25, 0.3) is 0 Å². The molecule has 3 aliphatic rings. The van der Waals surface area contributed by atoms with E-state index in [1.807, 2.05) is 6.07 Å². The van der Waals surface area contributed by atoms with E-state index in [9.17, 15) is 4.79 Å². The molecule has 0 saturated heterocycles. The normalized spacial score (nSPS) is 19.0. The van der Waals surface area contributed by atoms with E-state index in [2.05, 4.69) is 29.7 Å². The third kappa shape index (κ3) is 2.95. The van der Waals surface area contributed by atoms with Crippen LogP contribution in [0.15, 0.2) is 36.4 Å². The zero-order chi connectivity index (χ0) is 20.1. The average Bonchev–Trinajstić information content (AvgIpc) is 3.18. The highest BCUT2D eigenvalue weighted by atomic mass is 16.7. The predicted molar refractivity (Wildman–Crippen MR) is 107 cm³/mol. The van der Waals surface area contributed by atoms with Gasteiger partial charge in [0.2, 0.25) is 6.79 Å². The Morgan fingerprint density at radius 1 is 1.21 bits per heavy atom. The van der Waals surface area contributed by atoms with E-state index in [1.54, 1.807) is 14.0 Å². The summed E-state index contributed by atoms with van der Waals surface area (Å²) in [6, 6.07) is 8.46. The second kappa shape index (κ2) is 6.81. The van der Waals surface area contributed by atoms with Crippen molar-refractivity contribution in [2.45, 2.75) is 32.4 Å². The van der Waals surface area contributed by atoms with Crippen LogP contribution in [-0.2, 0) is 24.2 Å². The van der Waals surface area contributed by atoms with Crippen molar-refractivity contribution < 1.29 is 23.7 Å². The molecule has 5 rings (SSSR count). The van der Waals surface area contributed by atoms with Crippen molar-refractivity contribution in [1.82, 2.24) is 4.90 Å². The molecule has 6 nitrogen and oxygen atoms in total. The van der Waals surface area contributed by atoms with Gasteiger partial charge in [0.05, 0.1) is 7.11 Å². The van der Waals surface area contributed by atoms with Crippen LogP contribution in [0.2, 0.25) is 0 Å². The minimum atomic E-state index is -0.435. The number of ether oxygens (including phenoxy) is 4. The molecule has 2 aromatic rings. The van der Waals surface area contributed by atoms with Crippen molar-refractivity contribution in [3.8, 4) is 23.0 Å². The predicted octanol–water partition coefficient (Wildman–Crippen LogP) is 3.56. The third-order valence-corrected chi connectivity index (χ3v) is 5.96. The molecule has 150 valence electrons. The number of rotatable bonds is 3. The van der Waals surface area contributed by atoms with Gasteiger partial charge in [0.25, 0.3) is 0 Å². The standard InChI is InChI=1S/C23H23NO5/c1-13(2)23(25)29-22-17-11-24-7-6-15-9-20-21(28-12-27-20)10-16(15)18(24)8-14(17)4-5-19(22)26-3/h4-5,9-10,18H,1,6-8,11-12H2,2-3H3. The van der Waals surface area contributed by atoms with Gasteiger partial charge in [0.1, 0.15) is 0 Å². The first-order valence-electron chi connectivity index (χ1n) is 9.78. The lowest BCUT2D eigenvalue weighted by molar-refractivity contribution is -0.130. The van der Waals surface area contributed by atoms with Crippen LogP contribution in [0, 0.1) is 0 Å². The average molecular weight is 393 g/mol. The highest BCUT2D eigenvalue weighted by molar-refractivity contribution is 5.89. The van der Waals surface area contributed by atoms with Gasteiger partial charge in [-0.2, -0.15) is 0 Å². The van der Waals surface area contributed by atoms with Gasteiger partial charge in [-0.25, -0.2) is 4.79 Å². The molecular formula is C23H23NO5. The zero-order valence-electron chi connectivity index (χ0n) is 16.6. The largest absolute Gasteiger partial charge is 0.493 e. The van der Waals surface area contributed by atoms with Gasteiger partial charge < -0.3 is 18.9 Å². The number of carbonyl (C=O) groups excluding carboxylic acids is 1. The number of carbonyl (C=O) groups is 1. The van der Waals surface area contributed by atoms with Crippen LogP contribution >= 0.6 is 0 Å². The quantitative estimate of drug-likeness (QED) is 0.452. The Bertz CT molecular complexity index is 1030. The van der Waals surface area contributed by atoms with E-state index in [0.717, 1.165) is 36.4 Å². The molecule has 2 aromatic carbocycles. The number of esters is 1. The van der Waals surface area contributed by atoms with E-state index < -0.39 is 5.97 Å². The van der Waals surface area contributed by atoms with Gasteiger partial charge >= 0.3 is 5.97 Å². The summed E-state index contributed by atoms with van der Waals surface area (Å²) < 4.78 is 22.3. The van der Waals surface area contributed by atoms with Crippen molar-refractivity contribution in [1.29, 1.82) is 0 Å². The fourth-order valence-corrected chi connectivity index (χ4v) is 4.45. The lowest BCUT2D eigenvalue weighted by Gasteiger charge is -2.42. The van der Waals surface area contributed by atoms with Crippen molar-refractivity contribution in [3.05, 3.63) is 58.7 Å². The van der Waals surface area contributed by atoms with Crippen LogP contribution in [0.3, 0.4) is 0 Å². The van der Waals surface area contributed by atoms with Crippen LogP contribution in [-0.4, -0.2) is 31.3 Å². The molecule has 0 bridgehead atoms. The molecule has 0 aliphatic carbocycles. The smallest absolute Gasteiger partial charge is 0.338 e. The Balaban J connectivity index is 1.54. The fraction of sp³-hybridized carbons (Fsp3) is 0.348. The van der Waals surface area contributed by atoms with Crippen molar-refractivity contribution in [2.24, 2.45) is 0 Å². The number of fused-ring (bicyclic) bond motifs is 5. The van der Waals surface area contributed by atoms with Gasteiger partial charge in [-0.15, -0.1) is 0 Å². The second-order valence-electron chi connectivity index (χ2n) is 7.75. The topological polar surface area (TPSA) is 57.2 Å². The van der Waals surface area contributed by atoms with E-state index in [-0.39, 0.29) is 12.8 Å². The maximum absolute atomic E-state index is 12.2. The second-order valence-corrected chi connectivity index (χ2v) is 7.75. The minimum Gasteiger partial charge on any atom is -0.493 e. The summed E-state index contributed by atoms with van der Waals surface area (Å²) in [5.41, 5.74) is 5.16. The molecule has 29 heavy (non-hydrogen) atoms. The van der Waals surface area contributed by atoms with Gasteiger partial charge in [-0.05, 0) is 54.7 Å². The minimum absolute atomic E-state index is 0.263. The number of hydrogen-bond acceptors (Lipinski definition) is 6. The van der Waals surface area contributed by atoms with Crippen molar-refractivity contribution in [2.75, 3.05) is 20.4 Å². The molecule has 0 N–H and O–H groups in total. The number of methoxy groups -OCH3 is 1. The Labute approximate surface area is 169 Å². The molecule has 0 aromatic heterocycles. The summed E-state index contributed by atoms with van der Waals surface area (Å²) in [5, 5.41) is 0. The molecule has 3 heterocycles. The Morgan fingerprint density at radius 3 is 2.76 bits per heavy atom. The lowest BCUT2D eigenvalue weighted by Crippen LogP contribution is -2.39. The molecule has 0 amide bonds. The fourth-order valence-electron chi connectivity index (χ4n) is 4.45. The van der Waals surface area contributed by atoms with Crippen molar-refractivity contribution >= 4 is 5.97 Å². The zero-order valence-corrected chi connectivity index (χ0v) is 16.6. The monoisotopic (exact) mass is 393 g/mol. The lowest BCUT2D eigenvalue weighted by atomic mass is 9.83. The van der Waals surface area contributed by atoms with Crippen LogP contribution in [0.4, 0.5) is 0 Å². The van der Waals surface area contributed by atoms with Gasteiger partial charge in [-0.3, -0.25) is 4.90 Å². The first-order chi connectivity index (χ1) is 14.0. The summed E-state index contributed by atoms with van der Waals surface area (Å²) in [7, 11) is 1.59. The maximum Gasteiger partial charge on any atom is 0.338 e. The molecule has 0 spiro atoms. The molecule has 6 heteroatoms. The van der Waals surface area contributed by atoms with Gasteiger partial charge in [0, 0.05) is 30.3 Å². The van der Waals surface area contributed by atoms with E-state index in [0.29, 0.717) is 23.6 Å². The molecular weight excluding hydrogens is 370 g/mol. The van der Waals surface area contributed by atoms with Crippen LogP contribution < -0.4 is 18.9 Å². The first kappa shape index (κ1) is 18.1. The highest BCUT2D eigenvalue weighted by Crippen LogP contribution is 2.46. The number of hydrogen-bond donors (Lipinski definition) is 0. The summed E-state index contributed by atoms with van der Waals surface area (Å²) in [5.74, 6) is 2.30. The van der Waals surface area contributed by atoms with E-state index in [1.165, 1.54) is 16.7 Å². The summed E-state index contributed by atoms with van der Waals surface area (Å²) >= 11 is 0. The van der Waals surface area contributed by atoms with E-state index >= 15 is 0 Å². The summed E-state index contributed by atoms with van der Waals surface area (Å²) in [6.07, 6.45) is 1.78. The van der Waals surface area contributed by atoms with Gasteiger partial charge in [-0.1, -0.05) is 12.6 Å². The number of benzene rings is 2. The molecule has 0 saturated carbocycles. The highest BCUT2D eigenvalue weighted by Gasteiger charge is 2.36. The molecule has 3 aliphatic heterocycles. The SMILES string of the molecule is C=C(C)C(=O)Oc1c(OC)ccc2c1CN1CCc3cc4c(cc3C1C2)OCO4. The van der Waals surface area contributed by atoms with Crippen molar-refractivity contribution in [3.63, 3.8) is 0 Å². The van der Waals surface area contributed by atoms with E-state index in [4.69, 9.17) is 18.9 Å². The van der Waals surface area contributed by atoms with Crippen LogP contribution in [0.1, 0.15) is 35.2 Å². The van der Waals surface area contributed by atoms with Crippen LogP contribution in [0.5, 0.6) is 23.0 Å². The van der Waals surface area contributed by atoms with Gasteiger partial charge in [0.15, 0.2) is 23.0 Å². The Kier molecular flexibility index (Phi) is 4.24. The first-order valence-corrected chi connectivity index (χ1v) is 9.78. The molecule has 0 fully saturated rings. The summed E-state index contributed by atoms with van der Waals surface area (Å²) in [6.45, 7) is 7.25. The molecule has 1 atom stereocenters. The molecule has 1 unspecified atom stereocenters. The summed E-state index contributed by atoms with van der Waals surface area (Å²) in [4.78, 5) is 14.6. The number of nitrogens with zero attached hydrogens (tertiary/aromatic N) is 1. The maximum atomic E-state index is 12.2.